The summed E-state index contributed by atoms with van der Waals surface area (Å²) in [6.07, 6.45) is 1.61. The lowest BCUT2D eigenvalue weighted by Gasteiger charge is -2.37. The molecule has 5 nitrogen and oxygen atoms in total. The van der Waals surface area contributed by atoms with Gasteiger partial charge in [-0.1, -0.05) is 30.3 Å². The Kier molecular flexibility index (Phi) is 5.65. The van der Waals surface area contributed by atoms with Gasteiger partial charge in [-0.05, 0) is 24.3 Å². The Morgan fingerprint density at radius 1 is 1.22 bits per heavy atom. The number of hydrogen-bond acceptors (Lipinski definition) is 4. The van der Waals surface area contributed by atoms with Crippen LogP contribution in [0.5, 0.6) is 0 Å². The van der Waals surface area contributed by atoms with Crippen molar-refractivity contribution in [2.24, 2.45) is 5.92 Å². The molecule has 1 amide bonds. The zero-order chi connectivity index (χ0) is 16.1. The molecule has 1 aromatic rings. The van der Waals surface area contributed by atoms with Gasteiger partial charge in [0.15, 0.2) is 0 Å². The van der Waals surface area contributed by atoms with Crippen molar-refractivity contribution in [3.05, 3.63) is 35.9 Å². The van der Waals surface area contributed by atoms with Crippen LogP contribution in [0.3, 0.4) is 0 Å². The normalized spacial score (nSPS) is 26.2. The molecule has 0 aliphatic carbocycles. The molecule has 0 bridgehead atoms. The van der Waals surface area contributed by atoms with Crippen molar-refractivity contribution in [1.29, 1.82) is 0 Å². The van der Waals surface area contributed by atoms with Crippen LogP contribution in [0.1, 0.15) is 18.4 Å². The third-order valence-corrected chi connectivity index (χ3v) is 4.76. The molecule has 1 aromatic carbocycles. The van der Waals surface area contributed by atoms with E-state index in [0.29, 0.717) is 19.7 Å². The molecule has 5 heteroatoms. The average Bonchev–Trinajstić information content (AvgIpc) is 2.62. The fraction of sp³-hybridized carbons (Fsp3) is 0.611. The maximum atomic E-state index is 12.7. The molecule has 2 atom stereocenters. The molecule has 0 saturated carbocycles. The van der Waals surface area contributed by atoms with Crippen LogP contribution in [0.4, 0.5) is 0 Å². The van der Waals surface area contributed by atoms with Crippen molar-refractivity contribution < 1.29 is 14.6 Å². The molecular weight excluding hydrogens is 292 g/mol. The first-order chi connectivity index (χ1) is 11.3. The Bertz CT molecular complexity index is 508. The van der Waals surface area contributed by atoms with Gasteiger partial charge < -0.3 is 14.7 Å². The Hall–Kier alpha value is -1.43. The number of aliphatic hydroxyl groups excluding tert-OH is 1. The third kappa shape index (κ3) is 4.31. The maximum absolute atomic E-state index is 12.7. The second-order valence-electron chi connectivity index (χ2n) is 6.56. The van der Waals surface area contributed by atoms with E-state index in [1.807, 2.05) is 23.1 Å². The van der Waals surface area contributed by atoms with E-state index in [9.17, 15) is 9.90 Å². The summed E-state index contributed by atoms with van der Waals surface area (Å²) in [6, 6.07) is 10.3. The highest BCUT2D eigenvalue weighted by atomic mass is 16.5. The van der Waals surface area contributed by atoms with Crippen LogP contribution < -0.4 is 0 Å². The lowest BCUT2D eigenvalue weighted by molar-refractivity contribution is -0.151. The number of carbonyl (C=O) groups excluding carboxylic acids is 1. The van der Waals surface area contributed by atoms with E-state index in [-0.39, 0.29) is 24.5 Å². The first kappa shape index (κ1) is 16.4. The SMILES string of the molecule is O=C(C1CN(Cc2ccccc2)CCO1)N1CCCC(CO)C1. The predicted molar refractivity (Wildman–Crippen MR) is 87.8 cm³/mol. The minimum Gasteiger partial charge on any atom is -0.396 e. The van der Waals surface area contributed by atoms with E-state index >= 15 is 0 Å². The van der Waals surface area contributed by atoms with Crippen LogP contribution >= 0.6 is 0 Å². The summed E-state index contributed by atoms with van der Waals surface area (Å²) >= 11 is 0. The van der Waals surface area contributed by atoms with E-state index in [1.54, 1.807) is 0 Å². The fourth-order valence-electron chi connectivity index (χ4n) is 3.46. The molecular formula is C18H26N2O3. The van der Waals surface area contributed by atoms with Gasteiger partial charge in [0.1, 0.15) is 6.10 Å². The van der Waals surface area contributed by atoms with Crippen molar-refractivity contribution in [2.45, 2.75) is 25.5 Å². The summed E-state index contributed by atoms with van der Waals surface area (Å²) < 4.78 is 5.73. The van der Waals surface area contributed by atoms with Gasteiger partial charge >= 0.3 is 0 Å². The van der Waals surface area contributed by atoms with Crippen molar-refractivity contribution in [3.8, 4) is 0 Å². The van der Waals surface area contributed by atoms with Crippen LogP contribution in [-0.2, 0) is 16.1 Å². The highest BCUT2D eigenvalue weighted by Crippen LogP contribution is 2.19. The molecule has 2 fully saturated rings. The minimum atomic E-state index is -0.370. The second kappa shape index (κ2) is 7.90. The summed E-state index contributed by atoms with van der Waals surface area (Å²) in [5.74, 6) is 0.303. The number of likely N-dealkylation sites (tertiary alicyclic amines) is 1. The average molecular weight is 318 g/mol. The topological polar surface area (TPSA) is 53.0 Å². The van der Waals surface area contributed by atoms with Gasteiger partial charge in [-0.3, -0.25) is 9.69 Å². The lowest BCUT2D eigenvalue weighted by atomic mass is 9.98. The first-order valence-corrected chi connectivity index (χ1v) is 8.54. The Balaban J connectivity index is 1.56. The molecule has 0 radical (unpaired) electrons. The van der Waals surface area contributed by atoms with Gasteiger partial charge in [0.25, 0.3) is 5.91 Å². The van der Waals surface area contributed by atoms with Crippen LogP contribution in [0, 0.1) is 5.92 Å². The third-order valence-electron chi connectivity index (χ3n) is 4.76. The van der Waals surface area contributed by atoms with Crippen molar-refractivity contribution in [2.75, 3.05) is 39.4 Å². The summed E-state index contributed by atoms with van der Waals surface area (Å²) in [7, 11) is 0. The number of morpholine rings is 1. The second-order valence-corrected chi connectivity index (χ2v) is 6.56. The summed E-state index contributed by atoms with van der Waals surface area (Å²) in [4.78, 5) is 16.9. The quantitative estimate of drug-likeness (QED) is 0.904. The molecule has 0 spiro atoms. The number of amides is 1. The number of ether oxygens (including phenoxy) is 1. The highest BCUT2D eigenvalue weighted by molar-refractivity contribution is 5.81. The number of carbonyl (C=O) groups is 1. The van der Waals surface area contributed by atoms with Crippen molar-refractivity contribution in [3.63, 3.8) is 0 Å². The van der Waals surface area contributed by atoms with Crippen molar-refractivity contribution >= 4 is 5.91 Å². The highest BCUT2D eigenvalue weighted by Gasteiger charge is 2.32. The number of hydrogen-bond donors (Lipinski definition) is 1. The Morgan fingerprint density at radius 2 is 2.04 bits per heavy atom. The van der Waals surface area contributed by atoms with Crippen LogP contribution in [0.15, 0.2) is 30.3 Å². The van der Waals surface area contributed by atoms with E-state index in [1.165, 1.54) is 5.56 Å². The van der Waals surface area contributed by atoms with Crippen molar-refractivity contribution in [1.82, 2.24) is 9.80 Å². The fourth-order valence-corrected chi connectivity index (χ4v) is 3.46. The van der Waals surface area contributed by atoms with E-state index in [4.69, 9.17) is 4.74 Å². The van der Waals surface area contributed by atoms with E-state index in [0.717, 1.165) is 32.5 Å². The van der Waals surface area contributed by atoms with Gasteiger partial charge in [0, 0.05) is 39.3 Å². The first-order valence-electron chi connectivity index (χ1n) is 8.54. The van der Waals surface area contributed by atoms with E-state index in [2.05, 4.69) is 17.0 Å². The number of benzene rings is 1. The molecule has 3 rings (SSSR count). The molecule has 1 N–H and O–H groups in total. The molecule has 2 unspecified atom stereocenters. The zero-order valence-electron chi connectivity index (χ0n) is 13.6. The molecule has 2 saturated heterocycles. The molecule has 2 aliphatic rings. The predicted octanol–water partition coefficient (Wildman–Crippen LogP) is 1.12. The summed E-state index contributed by atoms with van der Waals surface area (Å²) in [5, 5.41) is 9.33. The standard InChI is InChI=1S/C18H26N2O3/c21-14-16-7-4-8-20(12-16)18(22)17-13-19(9-10-23-17)11-15-5-2-1-3-6-15/h1-3,5-6,16-17,21H,4,7-14H2. The molecule has 2 heterocycles. The Labute approximate surface area is 137 Å². The maximum Gasteiger partial charge on any atom is 0.253 e. The number of rotatable bonds is 4. The summed E-state index contributed by atoms with van der Waals surface area (Å²) in [5.41, 5.74) is 1.26. The largest absolute Gasteiger partial charge is 0.396 e. The molecule has 0 aromatic heterocycles. The number of nitrogens with zero attached hydrogens (tertiary/aromatic N) is 2. The van der Waals surface area contributed by atoms with Crippen LogP contribution in [-0.4, -0.2) is 66.3 Å². The molecule has 2 aliphatic heterocycles. The van der Waals surface area contributed by atoms with Crippen LogP contribution in [0.2, 0.25) is 0 Å². The number of piperidine rings is 1. The number of aliphatic hydroxyl groups is 1. The molecule has 126 valence electrons. The van der Waals surface area contributed by atoms with Gasteiger partial charge in [-0.2, -0.15) is 0 Å². The zero-order valence-corrected chi connectivity index (χ0v) is 13.6. The Morgan fingerprint density at radius 3 is 2.83 bits per heavy atom. The van der Waals surface area contributed by atoms with Gasteiger partial charge in [-0.25, -0.2) is 0 Å². The van der Waals surface area contributed by atoms with Gasteiger partial charge in [0.05, 0.1) is 6.61 Å². The van der Waals surface area contributed by atoms with Gasteiger partial charge in [-0.15, -0.1) is 0 Å². The minimum absolute atomic E-state index is 0.0842. The smallest absolute Gasteiger partial charge is 0.253 e. The lowest BCUT2D eigenvalue weighted by Crippen LogP contribution is -2.53. The monoisotopic (exact) mass is 318 g/mol. The molecule has 23 heavy (non-hydrogen) atoms. The van der Waals surface area contributed by atoms with Gasteiger partial charge in [0.2, 0.25) is 0 Å². The van der Waals surface area contributed by atoms with E-state index < -0.39 is 0 Å². The summed E-state index contributed by atoms with van der Waals surface area (Å²) in [6.45, 7) is 4.57. The van der Waals surface area contributed by atoms with Crippen LogP contribution in [0.25, 0.3) is 0 Å².